The zero-order valence-corrected chi connectivity index (χ0v) is 17.6. The van der Waals surface area contributed by atoms with Crippen molar-refractivity contribution >= 4 is 34.7 Å². The number of carbonyl (C=O) groups is 2. The van der Waals surface area contributed by atoms with E-state index in [0.717, 1.165) is 41.4 Å². The van der Waals surface area contributed by atoms with E-state index in [1.54, 1.807) is 4.90 Å². The minimum atomic E-state index is 0.149. The molecule has 0 saturated heterocycles. The highest BCUT2D eigenvalue weighted by molar-refractivity contribution is 5.94. The molecule has 1 aliphatic carbocycles. The van der Waals surface area contributed by atoms with Crippen LogP contribution in [0.5, 0.6) is 0 Å². The van der Waals surface area contributed by atoms with Gasteiger partial charge in [-0.15, -0.1) is 0 Å². The number of nitrogens with zero attached hydrogens (tertiary/aromatic N) is 3. The predicted molar refractivity (Wildman–Crippen MR) is 122 cm³/mol. The second kappa shape index (κ2) is 8.02. The third kappa shape index (κ3) is 3.85. The monoisotopic (exact) mass is 414 g/mol. The molecule has 1 saturated carbocycles. The Morgan fingerprint density at radius 3 is 2.77 bits per heavy atom. The first kappa shape index (κ1) is 19.5. The van der Waals surface area contributed by atoms with Crippen LogP contribution in [0.4, 0.5) is 5.82 Å². The van der Waals surface area contributed by atoms with Crippen molar-refractivity contribution in [3.05, 3.63) is 65.9 Å². The quantitative estimate of drug-likeness (QED) is 0.624. The highest BCUT2D eigenvalue weighted by Gasteiger charge is 2.31. The molecule has 1 aromatic carbocycles. The fourth-order valence-electron chi connectivity index (χ4n) is 4.45. The molecule has 1 fully saturated rings. The Morgan fingerprint density at radius 1 is 1.26 bits per heavy atom. The number of hydrogen-bond donors (Lipinski definition) is 1. The molecule has 158 valence electrons. The topological polar surface area (TPSA) is 69.3 Å². The third-order valence-electron chi connectivity index (χ3n) is 6.25. The number of carbonyl (C=O) groups excluding carboxylic acids is 2. The van der Waals surface area contributed by atoms with Gasteiger partial charge in [0.2, 0.25) is 12.3 Å². The lowest BCUT2D eigenvalue weighted by molar-refractivity contribution is -0.130. The van der Waals surface area contributed by atoms with Gasteiger partial charge in [-0.1, -0.05) is 43.3 Å². The molecular formula is C25H26N4O2. The van der Waals surface area contributed by atoms with Crippen molar-refractivity contribution in [3.63, 3.8) is 0 Å². The summed E-state index contributed by atoms with van der Waals surface area (Å²) in [6, 6.07) is 14.2. The SMILES string of the molecule is CC1CN(C(=O)Cc2ccccc2)CC=C1c1cc(N(C=O)C2CC2)nc2[nH]ccc12. The number of amides is 2. The van der Waals surface area contributed by atoms with Crippen molar-refractivity contribution in [1.82, 2.24) is 14.9 Å². The first-order valence-corrected chi connectivity index (χ1v) is 10.9. The predicted octanol–water partition coefficient (Wildman–Crippen LogP) is 3.79. The standard InChI is InChI=1S/C25H26N4O2/c1-17-15-28(24(31)13-18-5-3-2-4-6-18)12-10-20(17)22-14-23(29(16-30)19-7-8-19)27-25-21(22)9-11-26-25/h2-6,9-11,14,16-17,19H,7-8,12-13,15H2,1H3,(H,26,27). The lowest BCUT2D eigenvalue weighted by Crippen LogP contribution is -2.39. The van der Waals surface area contributed by atoms with Crippen LogP contribution in [0.15, 0.2) is 54.7 Å². The maximum absolute atomic E-state index is 12.8. The minimum absolute atomic E-state index is 0.149. The number of aromatic nitrogens is 2. The van der Waals surface area contributed by atoms with E-state index >= 15 is 0 Å². The fourth-order valence-corrected chi connectivity index (χ4v) is 4.45. The maximum atomic E-state index is 12.8. The molecule has 31 heavy (non-hydrogen) atoms. The summed E-state index contributed by atoms with van der Waals surface area (Å²) in [4.78, 5) is 36.1. The second-order valence-electron chi connectivity index (χ2n) is 8.53. The van der Waals surface area contributed by atoms with Crippen LogP contribution in [-0.4, -0.2) is 46.3 Å². The van der Waals surface area contributed by atoms with Gasteiger partial charge in [-0.2, -0.15) is 0 Å². The number of H-pyrrole nitrogens is 1. The van der Waals surface area contributed by atoms with Gasteiger partial charge in [-0.05, 0) is 47.6 Å². The molecular weight excluding hydrogens is 388 g/mol. The smallest absolute Gasteiger partial charge is 0.227 e. The van der Waals surface area contributed by atoms with Crippen molar-refractivity contribution in [2.45, 2.75) is 32.2 Å². The number of rotatable bonds is 6. The van der Waals surface area contributed by atoms with E-state index in [1.807, 2.05) is 53.6 Å². The Morgan fingerprint density at radius 2 is 2.06 bits per heavy atom. The van der Waals surface area contributed by atoms with Crippen LogP contribution in [0, 0.1) is 5.92 Å². The molecule has 6 heteroatoms. The average Bonchev–Trinajstić information content (AvgIpc) is 3.50. The Kier molecular flexibility index (Phi) is 5.06. The van der Waals surface area contributed by atoms with Crippen molar-refractivity contribution in [2.24, 2.45) is 5.92 Å². The molecule has 0 radical (unpaired) electrons. The molecule has 1 unspecified atom stereocenters. The molecule has 2 aliphatic rings. The number of benzene rings is 1. The molecule has 0 spiro atoms. The van der Waals surface area contributed by atoms with Gasteiger partial charge in [0.05, 0.1) is 6.42 Å². The molecule has 3 heterocycles. The van der Waals surface area contributed by atoms with Crippen molar-refractivity contribution in [3.8, 4) is 0 Å². The summed E-state index contributed by atoms with van der Waals surface area (Å²) < 4.78 is 0. The lowest BCUT2D eigenvalue weighted by atomic mass is 9.89. The van der Waals surface area contributed by atoms with E-state index in [2.05, 4.69) is 23.0 Å². The second-order valence-corrected chi connectivity index (χ2v) is 8.53. The van der Waals surface area contributed by atoms with Crippen LogP contribution in [0.25, 0.3) is 16.6 Å². The maximum Gasteiger partial charge on any atom is 0.227 e. The molecule has 6 nitrogen and oxygen atoms in total. The summed E-state index contributed by atoms with van der Waals surface area (Å²) in [5.74, 6) is 1.03. The molecule has 5 rings (SSSR count). The Hall–Kier alpha value is -3.41. The van der Waals surface area contributed by atoms with E-state index in [1.165, 1.54) is 5.57 Å². The highest BCUT2D eigenvalue weighted by Crippen LogP contribution is 2.36. The Labute approximate surface area is 181 Å². The normalized spacial score (nSPS) is 18.7. The molecule has 0 bridgehead atoms. The molecule has 1 aliphatic heterocycles. The van der Waals surface area contributed by atoms with E-state index in [-0.39, 0.29) is 17.9 Å². The number of fused-ring (bicyclic) bond motifs is 1. The van der Waals surface area contributed by atoms with E-state index < -0.39 is 0 Å². The first-order chi connectivity index (χ1) is 15.1. The van der Waals surface area contributed by atoms with Gasteiger partial charge < -0.3 is 9.88 Å². The summed E-state index contributed by atoms with van der Waals surface area (Å²) in [5.41, 5.74) is 4.13. The van der Waals surface area contributed by atoms with Gasteiger partial charge in [0.15, 0.2) is 0 Å². The van der Waals surface area contributed by atoms with E-state index in [9.17, 15) is 9.59 Å². The minimum Gasteiger partial charge on any atom is -0.346 e. The third-order valence-corrected chi connectivity index (χ3v) is 6.25. The molecule has 2 amide bonds. The zero-order chi connectivity index (χ0) is 21.4. The summed E-state index contributed by atoms with van der Waals surface area (Å²) >= 11 is 0. The van der Waals surface area contributed by atoms with Gasteiger partial charge in [-0.25, -0.2) is 4.98 Å². The van der Waals surface area contributed by atoms with Crippen LogP contribution in [0.1, 0.15) is 30.9 Å². The summed E-state index contributed by atoms with van der Waals surface area (Å²) in [7, 11) is 0. The summed E-state index contributed by atoms with van der Waals surface area (Å²) in [6.07, 6.45) is 7.41. The van der Waals surface area contributed by atoms with Crippen LogP contribution in [-0.2, 0) is 16.0 Å². The van der Waals surface area contributed by atoms with Crippen molar-refractivity contribution in [1.29, 1.82) is 0 Å². The van der Waals surface area contributed by atoms with Gasteiger partial charge in [0, 0.05) is 30.7 Å². The Balaban J connectivity index is 1.43. The van der Waals surface area contributed by atoms with Gasteiger partial charge in [0.1, 0.15) is 11.5 Å². The first-order valence-electron chi connectivity index (χ1n) is 10.9. The van der Waals surface area contributed by atoms with Crippen molar-refractivity contribution < 1.29 is 9.59 Å². The van der Waals surface area contributed by atoms with Crippen LogP contribution in [0.3, 0.4) is 0 Å². The van der Waals surface area contributed by atoms with E-state index in [4.69, 9.17) is 0 Å². The van der Waals surface area contributed by atoms with Crippen LogP contribution >= 0.6 is 0 Å². The van der Waals surface area contributed by atoms with Gasteiger partial charge >= 0.3 is 0 Å². The molecule has 1 atom stereocenters. The fraction of sp³-hybridized carbons (Fsp3) is 0.320. The zero-order valence-electron chi connectivity index (χ0n) is 17.6. The van der Waals surface area contributed by atoms with Gasteiger partial charge in [-0.3, -0.25) is 14.5 Å². The van der Waals surface area contributed by atoms with Crippen molar-refractivity contribution in [2.75, 3.05) is 18.0 Å². The number of aromatic amines is 1. The lowest BCUT2D eigenvalue weighted by Gasteiger charge is -2.32. The Bertz CT molecular complexity index is 1150. The average molecular weight is 415 g/mol. The number of nitrogens with one attached hydrogen (secondary N) is 1. The largest absolute Gasteiger partial charge is 0.346 e. The number of pyridine rings is 1. The number of hydrogen-bond acceptors (Lipinski definition) is 3. The highest BCUT2D eigenvalue weighted by atomic mass is 16.2. The van der Waals surface area contributed by atoms with Crippen LogP contribution < -0.4 is 4.90 Å². The molecule has 1 N–H and O–H groups in total. The van der Waals surface area contributed by atoms with Gasteiger partial charge in [0.25, 0.3) is 0 Å². The summed E-state index contributed by atoms with van der Waals surface area (Å²) in [6.45, 7) is 3.43. The van der Waals surface area contributed by atoms with Crippen LogP contribution in [0.2, 0.25) is 0 Å². The summed E-state index contributed by atoms with van der Waals surface area (Å²) in [5, 5.41) is 1.05. The molecule has 2 aromatic heterocycles. The number of anilines is 1. The molecule has 3 aromatic rings. The van der Waals surface area contributed by atoms with E-state index in [0.29, 0.717) is 25.3 Å².